The van der Waals surface area contributed by atoms with E-state index in [0.717, 1.165) is 37.7 Å². The van der Waals surface area contributed by atoms with Crippen LogP contribution < -0.4 is 0 Å². The molecule has 8 atom stereocenters. The lowest BCUT2D eigenvalue weighted by molar-refractivity contribution is -0.164. The summed E-state index contributed by atoms with van der Waals surface area (Å²) in [5.74, 6) is -2.92. The SMILES string of the molecule is C=CCCC(=O)N(C)[C@@H](C)[C@@H](OC(=O)[C@@H]1[C@H]2O[C@@]3(CC2Br)[C@H](C(=O)N(CC=C)C2CCCCC2)N(CCCCCO)C(=O)[C@@H]13)c1ccccc1. The number of halogens is 1. The molecule has 4 fully saturated rings. The number of fused-ring (bicyclic) bond motifs is 1. The molecule has 50 heavy (non-hydrogen) atoms. The van der Waals surface area contributed by atoms with E-state index < -0.39 is 47.7 Å². The number of ether oxygens (including phenoxy) is 2. The van der Waals surface area contributed by atoms with Crippen LogP contribution in [0.3, 0.4) is 0 Å². The summed E-state index contributed by atoms with van der Waals surface area (Å²) in [7, 11) is 1.71. The standard InChI is InChI=1S/C39H54BrN3O7/c1-5-7-21-30(45)41(4)26(3)33(27-17-11-8-12-18-27)49-38(48)31-32-36(46)43(23-15-10-16-24-44)35(39(32)25-29(40)34(31)50-39)37(47)42(22-6-2)28-19-13-9-14-20-28/h5-6,8,11-12,17-18,26,28-29,31-35,44H,1-2,7,9-10,13-16,19-25H2,3-4H3/t26-,29?,31-,32+,33+,34-,35-,39+/m0/s1. The number of alkyl halides is 1. The van der Waals surface area contributed by atoms with Gasteiger partial charge in [-0.15, -0.1) is 13.2 Å². The zero-order chi connectivity index (χ0) is 36.0. The van der Waals surface area contributed by atoms with E-state index in [4.69, 9.17) is 9.47 Å². The van der Waals surface area contributed by atoms with Crippen LogP contribution in [0, 0.1) is 11.8 Å². The fraction of sp³-hybridized carbons (Fsp3) is 0.641. The van der Waals surface area contributed by atoms with Crippen LogP contribution in [0.5, 0.6) is 0 Å². The maximum Gasteiger partial charge on any atom is 0.313 e. The smallest absolute Gasteiger partial charge is 0.313 e. The molecule has 1 spiro atoms. The molecule has 274 valence electrons. The number of hydrogen-bond acceptors (Lipinski definition) is 7. The largest absolute Gasteiger partial charge is 0.455 e. The van der Waals surface area contributed by atoms with Gasteiger partial charge in [0.25, 0.3) is 0 Å². The first-order chi connectivity index (χ1) is 24.1. The van der Waals surface area contributed by atoms with Gasteiger partial charge in [0, 0.05) is 44.0 Å². The number of nitrogens with zero attached hydrogens (tertiary/aromatic N) is 3. The van der Waals surface area contributed by atoms with Crippen molar-refractivity contribution in [2.24, 2.45) is 11.8 Å². The van der Waals surface area contributed by atoms with Gasteiger partial charge in [-0.05, 0) is 57.4 Å². The van der Waals surface area contributed by atoms with Crippen molar-refractivity contribution >= 4 is 39.6 Å². The first kappa shape index (κ1) is 38.2. The Hall–Kier alpha value is -3.02. The van der Waals surface area contributed by atoms with Crippen LogP contribution >= 0.6 is 15.9 Å². The quantitative estimate of drug-likeness (QED) is 0.0988. The highest BCUT2D eigenvalue weighted by Gasteiger charge is 2.77. The highest BCUT2D eigenvalue weighted by Crippen LogP contribution is 2.60. The van der Waals surface area contributed by atoms with Gasteiger partial charge in [-0.25, -0.2) is 0 Å². The second-order valence-corrected chi connectivity index (χ2v) is 15.6. The minimum Gasteiger partial charge on any atom is -0.455 e. The van der Waals surface area contributed by atoms with Crippen molar-refractivity contribution in [3.63, 3.8) is 0 Å². The molecule has 1 saturated carbocycles. The number of hydrogen-bond donors (Lipinski definition) is 1. The van der Waals surface area contributed by atoms with Crippen molar-refractivity contribution in [1.82, 2.24) is 14.7 Å². The fourth-order valence-corrected chi connectivity index (χ4v) is 9.66. The summed E-state index contributed by atoms with van der Waals surface area (Å²) < 4.78 is 13.2. The van der Waals surface area contributed by atoms with Crippen LogP contribution in [0.4, 0.5) is 0 Å². The summed E-state index contributed by atoms with van der Waals surface area (Å²) in [6.45, 7) is 10.3. The fourth-order valence-electron chi connectivity index (χ4n) is 8.72. The monoisotopic (exact) mass is 755 g/mol. The van der Waals surface area contributed by atoms with Gasteiger partial charge in [-0.3, -0.25) is 19.2 Å². The molecule has 1 N–H and O–H groups in total. The molecule has 5 rings (SSSR count). The third-order valence-corrected chi connectivity index (χ3v) is 12.2. The van der Waals surface area contributed by atoms with Crippen molar-refractivity contribution in [3.05, 3.63) is 61.2 Å². The predicted molar refractivity (Wildman–Crippen MR) is 194 cm³/mol. The topological polar surface area (TPSA) is 117 Å². The molecule has 3 amide bonds. The number of allylic oxidation sites excluding steroid dienone is 1. The van der Waals surface area contributed by atoms with E-state index in [1.165, 1.54) is 0 Å². The number of likely N-dealkylation sites (N-methyl/N-ethyl adjacent to an activating group) is 1. The molecule has 0 aromatic heterocycles. The summed E-state index contributed by atoms with van der Waals surface area (Å²) in [6, 6.07) is 7.98. The van der Waals surface area contributed by atoms with Gasteiger partial charge in [-0.2, -0.15) is 0 Å². The second kappa shape index (κ2) is 17.0. The number of aliphatic hydroxyl groups excluding tert-OH is 1. The molecule has 2 bridgehead atoms. The highest BCUT2D eigenvalue weighted by molar-refractivity contribution is 9.09. The maximum atomic E-state index is 14.8. The Morgan fingerprint density at radius 2 is 1.84 bits per heavy atom. The Bertz CT molecular complexity index is 1390. The average Bonchev–Trinajstić information content (AvgIpc) is 3.73. The summed E-state index contributed by atoms with van der Waals surface area (Å²) >= 11 is 3.78. The molecular weight excluding hydrogens is 702 g/mol. The lowest BCUT2D eigenvalue weighted by Gasteiger charge is -2.41. The van der Waals surface area contributed by atoms with Crippen LogP contribution in [-0.4, -0.2) is 105 Å². The zero-order valence-electron chi connectivity index (χ0n) is 29.6. The van der Waals surface area contributed by atoms with Crippen LogP contribution in [0.2, 0.25) is 0 Å². The van der Waals surface area contributed by atoms with Gasteiger partial charge >= 0.3 is 5.97 Å². The van der Waals surface area contributed by atoms with E-state index in [9.17, 15) is 24.3 Å². The lowest BCUT2D eigenvalue weighted by Crippen LogP contribution is -2.58. The van der Waals surface area contributed by atoms with Gasteiger partial charge in [0.2, 0.25) is 17.7 Å². The molecule has 1 aromatic rings. The van der Waals surface area contributed by atoms with Gasteiger partial charge in [0.15, 0.2) is 0 Å². The lowest BCUT2D eigenvalue weighted by atomic mass is 9.70. The molecule has 1 aliphatic carbocycles. The van der Waals surface area contributed by atoms with Crippen LogP contribution in [0.1, 0.15) is 89.2 Å². The molecule has 11 heteroatoms. The van der Waals surface area contributed by atoms with Crippen LogP contribution in [-0.2, 0) is 28.7 Å². The summed E-state index contributed by atoms with van der Waals surface area (Å²) in [5, 5.41) is 9.41. The molecule has 0 radical (unpaired) electrons. The number of carbonyl (C=O) groups excluding carboxylic acids is 4. The maximum absolute atomic E-state index is 14.8. The molecule has 10 nitrogen and oxygen atoms in total. The number of benzene rings is 1. The van der Waals surface area contributed by atoms with E-state index in [2.05, 4.69) is 29.1 Å². The summed E-state index contributed by atoms with van der Waals surface area (Å²) in [6.07, 6.45) is 10.1. The number of unbranched alkanes of at least 4 members (excludes halogenated alkanes) is 2. The molecule has 3 saturated heterocycles. The van der Waals surface area contributed by atoms with Crippen molar-refractivity contribution in [2.45, 2.75) is 118 Å². The van der Waals surface area contributed by atoms with E-state index >= 15 is 0 Å². The summed E-state index contributed by atoms with van der Waals surface area (Å²) in [5.41, 5.74) is -0.470. The van der Waals surface area contributed by atoms with Gasteiger partial charge in [0.05, 0.1) is 24.0 Å². The number of esters is 1. The van der Waals surface area contributed by atoms with Crippen molar-refractivity contribution in [2.75, 3.05) is 26.7 Å². The number of amides is 3. The Balaban J connectivity index is 1.48. The van der Waals surface area contributed by atoms with Gasteiger partial charge < -0.3 is 29.3 Å². The number of likely N-dealkylation sites (tertiary alicyclic amines) is 1. The predicted octanol–water partition coefficient (Wildman–Crippen LogP) is 5.34. The Kier molecular flexibility index (Phi) is 13.0. The Morgan fingerprint density at radius 3 is 2.50 bits per heavy atom. The first-order valence-electron chi connectivity index (χ1n) is 18.4. The van der Waals surface area contributed by atoms with E-state index in [-0.39, 0.29) is 41.6 Å². The minimum atomic E-state index is -1.20. The highest BCUT2D eigenvalue weighted by atomic mass is 79.9. The third-order valence-electron chi connectivity index (χ3n) is 11.4. The van der Waals surface area contributed by atoms with Crippen LogP contribution in [0.25, 0.3) is 0 Å². The van der Waals surface area contributed by atoms with Crippen molar-refractivity contribution in [3.8, 4) is 0 Å². The normalized spacial score (nSPS) is 28.5. The van der Waals surface area contributed by atoms with Gasteiger partial charge in [-0.1, -0.05) is 77.7 Å². The second-order valence-electron chi connectivity index (χ2n) is 14.4. The summed E-state index contributed by atoms with van der Waals surface area (Å²) in [4.78, 5) is 61.9. The van der Waals surface area contributed by atoms with Gasteiger partial charge in [0.1, 0.15) is 17.7 Å². The zero-order valence-corrected chi connectivity index (χ0v) is 31.2. The Morgan fingerprint density at radius 1 is 1.12 bits per heavy atom. The molecule has 3 aliphatic heterocycles. The molecule has 1 unspecified atom stereocenters. The molecule has 1 aromatic carbocycles. The molecular formula is C39H54BrN3O7. The molecule has 4 aliphatic rings. The number of carbonyl (C=O) groups is 4. The van der Waals surface area contributed by atoms with E-state index in [0.29, 0.717) is 45.2 Å². The number of rotatable bonds is 17. The van der Waals surface area contributed by atoms with E-state index in [1.807, 2.05) is 42.2 Å². The van der Waals surface area contributed by atoms with Crippen molar-refractivity contribution < 1.29 is 33.8 Å². The Labute approximate surface area is 305 Å². The average molecular weight is 757 g/mol. The number of aliphatic hydroxyl groups is 1. The van der Waals surface area contributed by atoms with Crippen LogP contribution in [0.15, 0.2) is 55.6 Å². The van der Waals surface area contributed by atoms with Crippen molar-refractivity contribution in [1.29, 1.82) is 0 Å². The molecule has 3 heterocycles. The first-order valence-corrected chi connectivity index (χ1v) is 19.3. The third kappa shape index (κ3) is 7.46. The minimum absolute atomic E-state index is 0.0504. The van der Waals surface area contributed by atoms with E-state index in [1.54, 1.807) is 29.0 Å².